The van der Waals surface area contributed by atoms with Gasteiger partial charge in [-0.2, -0.15) is 4.57 Å². The van der Waals surface area contributed by atoms with E-state index in [0.717, 1.165) is 10.9 Å². The summed E-state index contributed by atoms with van der Waals surface area (Å²) >= 11 is 0. The fraction of sp³-hybridized carbons (Fsp3) is 0.149. The Labute approximate surface area is 380 Å². The summed E-state index contributed by atoms with van der Waals surface area (Å²) in [5.74, 6) is -70.6. The average Bonchev–Trinajstić information content (AvgIpc) is 3.36. The lowest BCUT2D eigenvalue weighted by atomic mass is 9.12. The summed E-state index contributed by atoms with van der Waals surface area (Å²) in [4.78, 5) is 12.6. The van der Waals surface area contributed by atoms with Crippen molar-refractivity contribution in [3.8, 4) is 0 Å². The van der Waals surface area contributed by atoms with Gasteiger partial charge in [0.1, 0.15) is 52.7 Å². The third-order valence-electron chi connectivity index (χ3n) is 12.1. The Morgan fingerprint density at radius 1 is 0.400 bits per heavy atom. The fourth-order valence-electron chi connectivity index (χ4n) is 8.78. The van der Waals surface area contributed by atoms with Crippen molar-refractivity contribution in [3.63, 3.8) is 0 Å². The van der Waals surface area contributed by atoms with Crippen LogP contribution >= 0.6 is 0 Å². The van der Waals surface area contributed by atoms with Gasteiger partial charge in [-0.1, -0.05) is 61.7 Å². The third-order valence-corrected chi connectivity index (χ3v) is 12.1. The monoisotopic (exact) mass is 1010 g/mol. The first-order valence-corrected chi connectivity index (χ1v) is 20.2. The van der Waals surface area contributed by atoms with E-state index in [0.29, 0.717) is 12.5 Å². The number of aromatic nitrogens is 1. The molecule has 1 heterocycles. The molecule has 0 atom stereocenters. The van der Waals surface area contributed by atoms with E-state index in [9.17, 15) is 57.5 Å². The number of pyridine rings is 1. The molecule has 0 radical (unpaired) electrons. The molecule has 366 valence electrons. The predicted octanol–water partition coefficient (Wildman–Crippen LogP) is 10.9. The summed E-state index contributed by atoms with van der Waals surface area (Å²) in [6.45, 7) is 0.383. The average molecular weight is 1010 g/mol. The SMILES string of the molecule is Fc1c(F)c(F)c([B-](c2c(F)c(F)c(F)c(F)c2F)(c2c(F)c(F)c(F)c(F)c2F)c2c(F)c(F)c(F)c(F)c2F)c(F)c1F.O=C(C[n+]1ccc2ccccc2c1)c1ccc(C2CCCCC2)cc1. The molecule has 1 fully saturated rings. The van der Waals surface area contributed by atoms with Gasteiger partial charge in [-0.3, -0.25) is 4.79 Å². The first-order chi connectivity index (χ1) is 33.0. The quantitative estimate of drug-likeness (QED) is 0.0371. The van der Waals surface area contributed by atoms with E-state index in [4.69, 9.17) is 0 Å². The number of ketones is 1. The summed E-state index contributed by atoms with van der Waals surface area (Å²) in [5, 5.41) is 2.36. The van der Waals surface area contributed by atoms with Crippen molar-refractivity contribution in [2.24, 2.45) is 0 Å². The van der Waals surface area contributed by atoms with Crippen molar-refractivity contribution >= 4 is 44.6 Å². The summed E-state index contributed by atoms with van der Waals surface area (Å²) < 4.78 is 296. The zero-order valence-electron chi connectivity index (χ0n) is 34.7. The molecule has 2 nitrogen and oxygen atoms in total. The molecule has 1 aliphatic rings. The minimum atomic E-state index is -7.22. The van der Waals surface area contributed by atoms with Gasteiger partial charge in [-0.15, -0.1) is 21.9 Å². The first-order valence-electron chi connectivity index (χ1n) is 20.2. The molecule has 1 saturated carbocycles. The lowest BCUT2D eigenvalue weighted by Crippen LogP contribution is -2.81. The predicted molar refractivity (Wildman–Crippen MR) is 210 cm³/mol. The van der Waals surface area contributed by atoms with E-state index in [1.54, 1.807) is 0 Å². The van der Waals surface area contributed by atoms with Gasteiger partial charge in [-0.05, 0) is 35.8 Å². The number of fused-ring (bicyclic) bond motifs is 1. The Morgan fingerprint density at radius 2 is 0.714 bits per heavy atom. The van der Waals surface area contributed by atoms with Crippen LogP contribution in [0.25, 0.3) is 10.8 Å². The number of halogens is 20. The maximum absolute atomic E-state index is 15.4. The molecule has 70 heavy (non-hydrogen) atoms. The highest BCUT2D eigenvalue weighted by molar-refractivity contribution is 7.20. The van der Waals surface area contributed by atoms with E-state index in [1.807, 2.05) is 41.2 Å². The second-order valence-electron chi connectivity index (χ2n) is 15.9. The summed E-state index contributed by atoms with van der Waals surface area (Å²) in [5.41, 5.74) is -12.1. The number of carbonyl (C=O) groups excluding carboxylic acids is 1. The molecular weight excluding hydrogens is 985 g/mol. The molecule has 1 aliphatic carbocycles. The van der Waals surface area contributed by atoms with E-state index in [-0.39, 0.29) is 5.78 Å². The zero-order valence-corrected chi connectivity index (χ0v) is 34.7. The summed E-state index contributed by atoms with van der Waals surface area (Å²) in [7, 11) is 0. The van der Waals surface area contributed by atoms with Crippen LogP contribution in [0, 0.1) is 116 Å². The van der Waals surface area contributed by atoms with Crippen LogP contribution in [0.1, 0.15) is 53.9 Å². The highest BCUT2D eigenvalue weighted by Gasteiger charge is 2.52. The number of hydrogen-bond donors (Lipinski definition) is 0. The van der Waals surface area contributed by atoms with Gasteiger partial charge in [0.2, 0.25) is 12.3 Å². The lowest BCUT2D eigenvalue weighted by Gasteiger charge is -2.44. The van der Waals surface area contributed by atoms with Crippen molar-refractivity contribution in [1.29, 1.82) is 0 Å². The maximum atomic E-state index is 15.4. The highest BCUT2D eigenvalue weighted by atomic mass is 19.2. The second-order valence-corrected chi connectivity index (χ2v) is 15.9. The van der Waals surface area contributed by atoms with Crippen LogP contribution in [0.2, 0.25) is 0 Å². The van der Waals surface area contributed by atoms with Crippen molar-refractivity contribution in [2.75, 3.05) is 0 Å². The minimum Gasteiger partial charge on any atom is -0.287 e. The Kier molecular flexibility index (Phi) is 14.2. The smallest absolute Gasteiger partial charge is 0.227 e. The van der Waals surface area contributed by atoms with E-state index < -0.39 is 144 Å². The van der Waals surface area contributed by atoms with Gasteiger partial charge in [0, 0.05) is 17.0 Å². The van der Waals surface area contributed by atoms with Crippen LogP contribution in [0.5, 0.6) is 0 Å². The van der Waals surface area contributed by atoms with Crippen LogP contribution in [0.15, 0.2) is 67.0 Å². The standard InChI is InChI=1S/C24BF20.C23H24NO/c26-5-1(6(27)14(35)21(42)13(5)34)25(2-7(28)15(36)22(43)16(37)8(2)29,3-9(30)17(38)23(44)18(39)10(3)31)4-11(32)19(40)24(45)20(41)12(4)33;25-23(17-24-15-14-19-8-4-5-9-22(19)16-24)21-12-10-20(11-13-21)18-6-2-1-3-7-18/h;4-5,8-16,18H,1-3,6-7,17H2/q-1;+1. The number of Topliss-reactive ketones (excluding diaryl/α,β-unsaturated/α-hetero) is 1. The summed E-state index contributed by atoms with van der Waals surface area (Å²) in [6.07, 6.45) is 3.44. The first kappa shape index (κ1) is 50.9. The van der Waals surface area contributed by atoms with Gasteiger partial charge in [0.15, 0.2) is 82.2 Å². The van der Waals surface area contributed by atoms with Crippen molar-refractivity contribution in [1.82, 2.24) is 0 Å². The molecule has 7 aromatic rings. The Hall–Kier alpha value is -6.94. The highest BCUT2D eigenvalue weighted by Crippen LogP contribution is 2.34. The normalized spacial score (nSPS) is 13.2. The van der Waals surface area contributed by atoms with Crippen molar-refractivity contribution in [2.45, 2.75) is 44.6 Å². The van der Waals surface area contributed by atoms with Crippen LogP contribution in [0.3, 0.4) is 0 Å². The van der Waals surface area contributed by atoms with Gasteiger partial charge in [-0.25, -0.2) is 87.8 Å². The van der Waals surface area contributed by atoms with Gasteiger partial charge >= 0.3 is 0 Å². The molecule has 0 N–H and O–H groups in total. The summed E-state index contributed by atoms with van der Waals surface area (Å²) in [6, 6.07) is 18.6. The Balaban J connectivity index is 0.000000242. The van der Waals surface area contributed by atoms with E-state index in [1.165, 1.54) is 43.1 Å². The zero-order chi connectivity index (χ0) is 51.4. The lowest BCUT2D eigenvalue weighted by molar-refractivity contribution is -0.681. The molecular formula is C47H24BF20NO. The molecule has 0 bridgehead atoms. The van der Waals surface area contributed by atoms with Crippen LogP contribution in [0.4, 0.5) is 87.8 Å². The van der Waals surface area contributed by atoms with Crippen LogP contribution in [-0.2, 0) is 6.54 Å². The molecule has 8 rings (SSSR count). The molecule has 0 amide bonds. The molecule has 0 unspecified atom stereocenters. The Morgan fingerprint density at radius 3 is 1.06 bits per heavy atom. The molecule has 23 heteroatoms. The molecule has 0 aliphatic heterocycles. The second kappa shape index (κ2) is 19.5. The van der Waals surface area contributed by atoms with Gasteiger partial charge < -0.3 is 0 Å². The number of rotatable bonds is 8. The number of hydrogen-bond acceptors (Lipinski definition) is 1. The van der Waals surface area contributed by atoms with Gasteiger partial charge in [0.25, 0.3) is 0 Å². The molecule has 6 aromatic carbocycles. The van der Waals surface area contributed by atoms with E-state index >= 15 is 35.1 Å². The van der Waals surface area contributed by atoms with Gasteiger partial charge in [0.05, 0.1) is 0 Å². The maximum Gasteiger partial charge on any atom is 0.227 e. The van der Waals surface area contributed by atoms with Crippen LogP contribution < -0.4 is 26.4 Å². The van der Waals surface area contributed by atoms with Crippen molar-refractivity contribution in [3.05, 3.63) is 194 Å². The number of benzene rings is 6. The fourth-order valence-corrected chi connectivity index (χ4v) is 8.78. The molecule has 1 aromatic heterocycles. The van der Waals surface area contributed by atoms with Crippen LogP contribution in [-0.4, -0.2) is 11.9 Å². The van der Waals surface area contributed by atoms with Crippen molar-refractivity contribution < 1.29 is 97.2 Å². The molecule has 0 spiro atoms. The largest absolute Gasteiger partial charge is 0.287 e. The Bertz CT molecular complexity index is 2870. The number of nitrogens with zero attached hydrogens (tertiary/aromatic N) is 1. The third kappa shape index (κ3) is 8.29. The minimum absolute atomic E-state index is 0.162. The molecule has 0 saturated heterocycles. The van der Waals surface area contributed by atoms with E-state index in [2.05, 4.69) is 30.3 Å². The topological polar surface area (TPSA) is 20.9 Å². The number of carbonyl (C=O) groups is 1.